The van der Waals surface area contributed by atoms with Crippen molar-refractivity contribution in [2.45, 2.75) is 6.10 Å². The fraction of sp³-hybridized carbons (Fsp3) is 0.0833. The molecule has 2 rings (SSSR count). The Bertz CT molecular complexity index is 510. The number of nitrogens with zero attached hydrogens (tertiary/aromatic N) is 1. The van der Waals surface area contributed by atoms with Gasteiger partial charge in [-0.2, -0.15) is 0 Å². The van der Waals surface area contributed by atoms with Gasteiger partial charge >= 0.3 is 0 Å². The Hall–Kier alpha value is -1.38. The normalized spacial score (nSPS) is 12.7. The first-order valence-corrected chi connectivity index (χ1v) is 4.95. The zero-order valence-corrected chi connectivity index (χ0v) is 8.78. The summed E-state index contributed by atoms with van der Waals surface area (Å²) in [5.41, 5.74) is 1.34. The summed E-state index contributed by atoms with van der Waals surface area (Å²) in [5.74, 6) is 0. The molecule has 2 aromatic rings. The number of aliphatic hydroxyl groups excluding tert-OH is 1. The molecule has 15 heavy (non-hydrogen) atoms. The molecule has 0 aliphatic rings. The number of pyridine rings is 1. The molecule has 0 spiro atoms. The number of aromatic nitrogens is 1. The number of halogens is 1. The second-order valence-corrected chi connectivity index (χ2v) is 3.62. The van der Waals surface area contributed by atoms with Crippen LogP contribution in [0.15, 0.2) is 43.1 Å². The number of hydrogen-bond acceptors (Lipinski definition) is 2. The van der Waals surface area contributed by atoms with Gasteiger partial charge in [-0.25, -0.2) is 0 Å². The maximum absolute atomic E-state index is 9.77. The summed E-state index contributed by atoms with van der Waals surface area (Å²) in [7, 11) is 0. The van der Waals surface area contributed by atoms with Gasteiger partial charge in [-0.1, -0.05) is 29.8 Å². The maximum Gasteiger partial charge on any atom is 0.100 e. The summed E-state index contributed by atoms with van der Waals surface area (Å²) >= 11 is 6.03. The molecule has 1 unspecified atom stereocenters. The molecular formula is C12H10ClNO. The van der Waals surface area contributed by atoms with Crippen LogP contribution in [0.2, 0.25) is 5.02 Å². The van der Waals surface area contributed by atoms with Gasteiger partial charge in [0.05, 0.1) is 5.52 Å². The molecule has 3 heteroatoms. The molecule has 2 nitrogen and oxygen atoms in total. The molecule has 1 aromatic carbocycles. The Labute approximate surface area is 92.8 Å². The van der Waals surface area contributed by atoms with E-state index in [1.807, 2.05) is 18.2 Å². The molecule has 1 atom stereocenters. The lowest BCUT2D eigenvalue weighted by molar-refractivity contribution is 0.230. The van der Waals surface area contributed by atoms with Crippen LogP contribution in [-0.4, -0.2) is 10.1 Å². The fourth-order valence-corrected chi connectivity index (χ4v) is 1.81. The molecule has 0 bridgehead atoms. The third kappa shape index (κ3) is 1.74. The predicted octanol–water partition coefficient (Wildman–Crippen LogP) is 3.11. The molecule has 0 aliphatic carbocycles. The standard InChI is InChI=1S/C12H10ClNO/c1-2-10(15)11-9(13)6-5-8-4-3-7-14-12(8)11/h2-7,10,15H,1H2. The Morgan fingerprint density at radius 1 is 1.40 bits per heavy atom. The monoisotopic (exact) mass is 219 g/mol. The van der Waals surface area contributed by atoms with Crippen molar-refractivity contribution >= 4 is 22.5 Å². The van der Waals surface area contributed by atoms with Gasteiger partial charge in [0.2, 0.25) is 0 Å². The summed E-state index contributed by atoms with van der Waals surface area (Å²) in [6.07, 6.45) is 2.34. The minimum absolute atomic E-state index is 0.508. The van der Waals surface area contributed by atoms with E-state index in [9.17, 15) is 5.11 Å². The molecule has 0 saturated carbocycles. The Balaban J connectivity index is 2.79. The number of fused-ring (bicyclic) bond motifs is 1. The van der Waals surface area contributed by atoms with Crippen LogP contribution in [0, 0.1) is 0 Å². The zero-order valence-electron chi connectivity index (χ0n) is 8.02. The number of benzene rings is 1. The molecule has 1 heterocycles. The van der Waals surface area contributed by atoms with Gasteiger partial charge in [0.15, 0.2) is 0 Å². The van der Waals surface area contributed by atoms with E-state index in [4.69, 9.17) is 11.6 Å². The predicted molar refractivity (Wildman–Crippen MR) is 61.9 cm³/mol. The van der Waals surface area contributed by atoms with Crippen LogP contribution in [0.1, 0.15) is 11.7 Å². The van der Waals surface area contributed by atoms with Crippen molar-refractivity contribution in [2.75, 3.05) is 0 Å². The number of hydrogen-bond donors (Lipinski definition) is 1. The minimum atomic E-state index is -0.781. The van der Waals surface area contributed by atoms with Crippen LogP contribution in [-0.2, 0) is 0 Å². The number of rotatable bonds is 2. The van der Waals surface area contributed by atoms with Gasteiger partial charge in [-0.05, 0) is 12.1 Å². The summed E-state index contributed by atoms with van der Waals surface area (Å²) < 4.78 is 0. The largest absolute Gasteiger partial charge is 0.384 e. The van der Waals surface area contributed by atoms with Gasteiger partial charge < -0.3 is 5.11 Å². The zero-order chi connectivity index (χ0) is 10.8. The van der Waals surface area contributed by atoms with E-state index in [2.05, 4.69) is 11.6 Å². The lowest BCUT2D eigenvalue weighted by Gasteiger charge is -2.10. The van der Waals surface area contributed by atoms with Gasteiger partial charge in [0.25, 0.3) is 0 Å². The maximum atomic E-state index is 9.77. The molecule has 0 fully saturated rings. The van der Waals surface area contributed by atoms with E-state index in [-0.39, 0.29) is 0 Å². The van der Waals surface area contributed by atoms with E-state index >= 15 is 0 Å². The lowest BCUT2D eigenvalue weighted by Crippen LogP contribution is -1.96. The third-order valence-electron chi connectivity index (χ3n) is 2.28. The molecule has 1 aromatic heterocycles. The molecule has 76 valence electrons. The van der Waals surface area contributed by atoms with Crippen LogP contribution in [0.4, 0.5) is 0 Å². The summed E-state index contributed by atoms with van der Waals surface area (Å²) in [6, 6.07) is 7.41. The van der Waals surface area contributed by atoms with Gasteiger partial charge in [-0.3, -0.25) is 4.98 Å². The summed E-state index contributed by atoms with van der Waals surface area (Å²) in [6.45, 7) is 3.55. The fourth-order valence-electron chi connectivity index (χ4n) is 1.54. The first-order chi connectivity index (χ1) is 7.24. The van der Waals surface area contributed by atoms with E-state index in [0.717, 1.165) is 10.9 Å². The van der Waals surface area contributed by atoms with Crippen molar-refractivity contribution in [3.05, 3.63) is 53.7 Å². The Morgan fingerprint density at radius 3 is 2.93 bits per heavy atom. The van der Waals surface area contributed by atoms with E-state index in [0.29, 0.717) is 10.6 Å². The smallest absolute Gasteiger partial charge is 0.100 e. The van der Waals surface area contributed by atoms with Crippen molar-refractivity contribution < 1.29 is 5.11 Å². The quantitative estimate of drug-likeness (QED) is 0.788. The average molecular weight is 220 g/mol. The molecular weight excluding hydrogens is 210 g/mol. The second kappa shape index (κ2) is 4.01. The first-order valence-electron chi connectivity index (χ1n) is 4.58. The highest BCUT2D eigenvalue weighted by molar-refractivity contribution is 6.32. The highest BCUT2D eigenvalue weighted by atomic mass is 35.5. The van der Waals surface area contributed by atoms with Crippen LogP contribution in [0.3, 0.4) is 0 Å². The third-order valence-corrected chi connectivity index (χ3v) is 2.61. The SMILES string of the molecule is C=CC(O)c1c(Cl)ccc2cccnc12. The first kappa shape index (κ1) is 10.1. The molecule has 0 amide bonds. The van der Waals surface area contributed by atoms with Gasteiger partial charge in [0, 0.05) is 22.2 Å². The van der Waals surface area contributed by atoms with Crippen molar-refractivity contribution in [3.63, 3.8) is 0 Å². The molecule has 0 radical (unpaired) electrons. The van der Waals surface area contributed by atoms with E-state index < -0.39 is 6.10 Å². The lowest BCUT2D eigenvalue weighted by atomic mass is 10.0. The van der Waals surface area contributed by atoms with Crippen LogP contribution in [0.25, 0.3) is 10.9 Å². The van der Waals surface area contributed by atoms with Crippen molar-refractivity contribution in [3.8, 4) is 0 Å². The minimum Gasteiger partial charge on any atom is -0.384 e. The highest BCUT2D eigenvalue weighted by Gasteiger charge is 2.12. The highest BCUT2D eigenvalue weighted by Crippen LogP contribution is 2.30. The van der Waals surface area contributed by atoms with Crippen LogP contribution in [0.5, 0.6) is 0 Å². The molecule has 1 N–H and O–H groups in total. The van der Waals surface area contributed by atoms with Crippen molar-refractivity contribution in [1.82, 2.24) is 4.98 Å². The Morgan fingerprint density at radius 2 is 2.20 bits per heavy atom. The summed E-state index contributed by atoms with van der Waals surface area (Å²) in [4.78, 5) is 4.22. The van der Waals surface area contributed by atoms with Crippen LogP contribution >= 0.6 is 11.6 Å². The van der Waals surface area contributed by atoms with Crippen molar-refractivity contribution in [2.24, 2.45) is 0 Å². The van der Waals surface area contributed by atoms with Crippen molar-refractivity contribution in [1.29, 1.82) is 0 Å². The van der Waals surface area contributed by atoms with E-state index in [1.165, 1.54) is 6.08 Å². The second-order valence-electron chi connectivity index (χ2n) is 3.22. The molecule has 0 aliphatic heterocycles. The number of aliphatic hydroxyl groups is 1. The van der Waals surface area contributed by atoms with Crippen LogP contribution < -0.4 is 0 Å². The van der Waals surface area contributed by atoms with E-state index in [1.54, 1.807) is 12.3 Å². The Kier molecular flexibility index (Phi) is 2.71. The van der Waals surface area contributed by atoms with Gasteiger partial charge in [0.1, 0.15) is 6.10 Å². The topological polar surface area (TPSA) is 33.1 Å². The molecule has 0 saturated heterocycles. The van der Waals surface area contributed by atoms with Gasteiger partial charge in [-0.15, -0.1) is 6.58 Å². The summed E-state index contributed by atoms with van der Waals surface area (Å²) in [5, 5.41) is 11.2. The average Bonchev–Trinajstić information content (AvgIpc) is 2.28.